The SMILES string of the molecule is CC.N#CCc1c(-c2ccc3c(c2)OCCO3)csc1OCC1=CCCCC(CNC2CCNCC2)=C1. The first-order valence-electron chi connectivity index (χ1n) is 13.6. The lowest BCUT2D eigenvalue weighted by molar-refractivity contribution is 0.171. The van der Waals surface area contributed by atoms with Crippen LogP contribution in [-0.4, -0.2) is 45.5 Å². The Morgan fingerprint density at radius 2 is 1.97 bits per heavy atom. The van der Waals surface area contributed by atoms with Gasteiger partial charge in [-0.15, -0.1) is 11.3 Å². The van der Waals surface area contributed by atoms with E-state index >= 15 is 0 Å². The average molecular weight is 522 g/mol. The molecule has 7 heteroatoms. The number of hydrogen-bond donors (Lipinski definition) is 2. The first-order valence-corrected chi connectivity index (χ1v) is 14.5. The van der Waals surface area contributed by atoms with Gasteiger partial charge in [0.15, 0.2) is 16.6 Å². The summed E-state index contributed by atoms with van der Waals surface area (Å²) >= 11 is 1.56. The van der Waals surface area contributed by atoms with Crippen LogP contribution < -0.4 is 24.8 Å². The minimum Gasteiger partial charge on any atom is -0.486 e. The van der Waals surface area contributed by atoms with Gasteiger partial charge in [-0.3, -0.25) is 0 Å². The Morgan fingerprint density at radius 1 is 1.16 bits per heavy atom. The van der Waals surface area contributed by atoms with E-state index in [4.69, 9.17) is 14.2 Å². The summed E-state index contributed by atoms with van der Waals surface area (Å²) in [7, 11) is 0. The van der Waals surface area contributed by atoms with Crippen molar-refractivity contribution in [1.82, 2.24) is 10.6 Å². The molecule has 1 aliphatic carbocycles. The Kier molecular flexibility index (Phi) is 10.5. The molecule has 5 rings (SSSR count). The monoisotopic (exact) mass is 521 g/mol. The van der Waals surface area contributed by atoms with E-state index in [2.05, 4.69) is 34.2 Å². The molecule has 37 heavy (non-hydrogen) atoms. The molecule has 0 atom stereocenters. The van der Waals surface area contributed by atoms with Crippen LogP contribution in [0.5, 0.6) is 16.6 Å². The predicted octanol–water partition coefficient (Wildman–Crippen LogP) is 6.04. The third-order valence-electron chi connectivity index (χ3n) is 6.79. The van der Waals surface area contributed by atoms with Gasteiger partial charge in [-0.1, -0.05) is 37.6 Å². The highest BCUT2D eigenvalue weighted by atomic mass is 32.1. The Hall–Kier alpha value is -2.79. The molecule has 0 saturated carbocycles. The molecule has 0 bridgehead atoms. The fourth-order valence-electron chi connectivity index (χ4n) is 4.89. The highest BCUT2D eigenvalue weighted by Crippen LogP contribution is 2.41. The first kappa shape index (κ1) is 27.3. The van der Waals surface area contributed by atoms with E-state index in [0.29, 0.717) is 32.3 Å². The van der Waals surface area contributed by atoms with Crippen LogP contribution in [0.25, 0.3) is 11.1 Å². The average Bonchev–Trinajstić information content (AvgIpc) is 3.21. The minimum atomic E-state index is 0.308. The quantitative estimate of drug-likeness (QED) is 0.441. The molecule has 2 aromatic rings. The molecular weight excluding hydrogens is 482 g/mol. The van der Waals surface area contributed by atoms with E-state index in [1.165, 1.54) is 30.4 Å². The maximum Gasteiger partial charge on any atom is 0.179 e. The van der Waals surface area contributed by atoms with Crippen molar-refractivity contribution in [2.24, 2.45) is 0 Å². The number of nitrogens with zero attached hydrogens (tertiary/aromatic N) is 1. The van der Waals surface area contributed by atoms with E-state index in [0.717, 1.165) is 65.7 Å². The Morgan fingerprint density at radius 3 is 2.78 bits per heavy atom. The van der Waals surface area contributed by atoms with Gasteiger partial charge in [0.05, 0.1) is 12.5 Å². The van der Waals surface area contributed by atoms with Crippen LogP contribution >= 0.6 is 11.3 Å². The number of piperidine rings is 1. The third-order valence-corrected chi connectivity index (χ3v) is 7.72. The lowest BCUT2D eigenvalue weighted by Gasteiger charge is -2.24. The summed E-state index contributed by atoms with van der Waals surface area (Å²) in [5.41, 5.74) is 5.67. The van der Waals surface area contributed by atoms with Crippen LogP contribution in [0.1, 0.15) is 51.5 Å². The second kappa shape index (κ2) is 14.2. The van der Waals surface area contributed by atoms with Crippen LogP contribution in [0.15, 0.2) is 46.9 Å². The van der Waals surface area contributed by atoms with Gasteiger partial charge in [0, 0.05) is 29.1 Å². The van der Waals surface area contributed by atoms with Crippen molar-refractivity contribution >= 4 is 11.3 Å². The molecule has 2 aliphatic heterocycles. The van der Waals surface area contributed by atoms with Crippen LogP contribution in [0.2, 0.25) is 0 Å². The van der Waals surface area contributed by atoms with Gasteiger partial charge in [0.2, 0.25) is 0 Å². The Bertz CT molecular complexity index is 1130. The summed E-state index contributed by atoms with van der Waals surface area (Å²) < 4.78 is 17.7. The largest absolute Gasteiger partial charge is 0.486 e. The molecule has 6 nitrogen and oxygen atoms in total. The van der Waals surface area contributed by atoms with Crippen molar-refractivity contribution < 1.29 is 14.2 Å². The van der Waals surface area contributed by atoms with Gasteiger partial charge >= 0.3 is 0 Å². The van der Waals surface area contributed by atoms with Crippen molar-refractivity contribution in [1.29, 1.82) is 5.26 Å². The molecule has 0 spiro atoms. The summed E-state index contributed by atoms with van der Waals surface area (Å²) in [5, 5.41) is 19.6. The van der Waals surface area contributed by atoms with Crippen LogP contribution in [-0.2, 0) is 6.42 Å². The third kappa shape index (κ3) is 7.38. The van der Waals surface area contributed by atoms with Crippen molar-refractivity contribution in [3.05, 3.63) is 52.4 Å². The van der Waals surface area contributed by atoms with E-state index in [1.807, 2.05) is 32.0 Å². The zero-order valence-corrected chi connectivity index (χ0v) is 22.9. The smallest absolute Gasteiger partial charge is 0.179 e. The standard InChI is InChI=1S/C28H33N3O3S.C2H6/c29-10-7-24-25(22-5-6-26-27(16-22)33-14-13-32-26)19-35-28(24)34-18-21-4-2-1-3-20(15-21)17-31-23-8-11-30-12-9-23;1-2/h4-6,15-16,19,23,30-31H,1-3,7-9,11-14,17-18H2;1-2H3. The van der Waals surface area contributed by atoms with Crippen LogP contribution in [0, 0.1) is 11.3 Å². The number of thiophene rings is 1. The minimum absolute atomic E-state index is 0.308. The van der Waals surface area contributed by atoms with E-state index in [-0.39, 0.29) is 0 Å². The van der Waals surface area contributed by atoms with E-state index < -0.39 is 0 Å². The Balaban J connectivity index is 0.00000156. The zero-order valence-electron chi connectivity index (χ0n) is 22.1. The van der Waals surface area contributed by atoms with Crippen molar-refractivity contribution in [2.75, 3.05) is 39.5 Å². The molecule has 3 heterocycles. The maximum atomic E-state index is 9.50. The Labute approximate surface area is 225 Å². The van der Waals surface area contributed by atoms with E-state index in [1.54, 1.807) is 11.3 Å². The topological polar surface area (TPSA) is 75.5 Å². The molecular formula is C30H39N3O3S. The van der Waals surface area contributed by atoms with Gasteiger partial charge in [0.25, 0.3) is 0 Å². The highest BCUT2D eigenvalue weighted by Gasteiger charge is 2.19. The number of allylic oxidation sites excluding steroid dienone is 1. The number of nitrogens with one attached hydrogen (secondary N) is 2. The summed E-state index contributed by atoms with van der Waals surface area (Å²) in [4.78, 5) is 0. The molecule has 0 unspecified atom stereocenters. The molecule has 3 aliphatic rings. The fraction of sp³-hybridized carbons (Fsp3) is 0.500. The van der Waals surface area contributed by atoms with Crippen molar-refractivity contribution in [2.45, 2.75) is 58.4 Å². The molecule has 2 N–H and O–H groups in total. The van der Waals surface area contributed by atoms with Crippen LogP contribution in [0.4, 0.5) is 0 Å². The number of hydrogen-bond acceptors (Lipinski definition) is 7. The summed E-state index contributed by atoms with van der Waals surface area (Å²) in [6.45, 7) is 8.82. The lowest BCUT2D eigenvalue weighted by atomic mass is 10.0. The summed E-state index contributed by atoms with van der Waals surface area (Å²) in [6.07, 6.45) is 10.7. The van der Waals surface area contributed by atoms with Crippen molar-refractivity contribution in [3.63, 3.8) is 0 Å². The summed E-state index contributed by atoms with van der Waals surface area (Å²) in [5.74, 6) is 1.52. The molecule has 198 valence electrons. The maximum absolute atomic E-state index is 9.50. The van der Waals surface area contributed by atoms with Gasteiger partial charge in [-0.2, -0.15) is 5.26 Å². The number of ether oxygens (including phenoxy) is 3. The van der Waals surface area contributed by atoms with Gasteiger partial charge in [-0.05, 0) is 68.5 Å². The number of nitriles is 1. The first-order chi connectivity index (χ1) is 18.3. The van der Waals surface area contributed by atoms with Gasteiger partial charge in [-0.25, -0.2) is 0 Å². The molecule has 1 fully saturated rings. The van der Waals surface area contributed by atoms with Crippen molar-refractivity contribution in [3.8, 4) is 33.8 Å². The lowest BCUT2D eigenvalue weighted by Crippen LogP contribution is -2.40. The second-order valence-corrected chi connectivity index (χ2v) is 10.1. The van der Waals surface area contributed by atoms with Gasteiger partial charge < -0.3 is 24.8 Å². The number of rotatable bonds is 8. The molecule has 1 saturated heterocycles. The number of fused-ring (bicyclic) bond motifs is 1. The van der Waals surface area contributed by atoms with E-state index in [9.17, 15) is 5.26 Å². The van der Waals surface area contributed by atoms with Gasteiger partial charge in [0.1, 0.15) is 19.8 Å². The zero-order chi connectivity index (χ0) is 25.9. The molecule has 1 aromatic carbocycles. The highest BCUT2D eigenvalue weighted by molar-refractivity contribution is 7.12. The normalized spacial score (nSPS) is 17.4. The summed E-state index contributed by atoms with van der Waals surface area (Å²) in [6, 6.07) is 8.90. The second-order valence-electron chi connectivity index (χ2n) is 9.28. The molecule has 1 aromatic heterocycles. The molecule has 0 radical (unpaired) electrons. The fourth-order valence-corrected chi connectivity index (χ4v) is 5.84. The number of benzene rings is 1. The molecule has 0 amide bonds. The predicted molar refractivity (Wildman–Crippen MR) is 151 cm³/mol. The van der Waals surface area contributed by atoms with Crippen LogP contribution in [0.3, 0.4) is 0 Å².